The van der Waals surface area contributed by atoms with E-state index >= 15 is 0 Å². The van der Waals surface area contributed by atoms with E-state index in [9.17, 15) is 0 Å². The van der Waals surface area contributed by atoms with Gasteiger partial charge in [0, 0.05) is 17.6 Å². The average molecular weight is 159 g/mol. The number of hydrogen-bond acceptors (Lipinski definition) is 2. The first-order chi connectivity index (χ1) is 5.77. The lowest BCUT2D eigenvalue weighted by molar-refractivity contribution is 0.197. The standard InChI is InChI=1S/C10H9NO/c1-7-6-8-4-2-3-5-9(8)10(11)12-7/h3,5,7,11H,6H2,1H3. The van der Waals surface area contributed by atoms with Crippen molar-refractivity contribution < 1.29 is 4.74 Å². The number of fused-ring (bicyclic) bond motifs is 1. The van der Waals surface area contributed by atoms with Crippen LogP contribution in [0.2, 0.25) is 0 Å². The number of hydrogen-bond donors (Lipinski definition) is 1. The Labute approximate surface area is 71.1 Å². The summed E-state index contributed by atoms with van der Waals surface area (Å²) in [5.41, 5.74) is 7.78. The van der Waals surface area contributed by atoms with Crippen molar-refractivity contribution in [2.45, 2.75) is 19.4 Å². The first-order valence-corrected chi connectivity index (χ1v) is 3.94. The third-order valence-corrected chi connectivity index (χ3v) is 1.94. The van der Waals surface area contributed by atoms with Crippen LogP contribution in [-0.4, -0.2) is 12.0 Å². The lowest BCUT2D eigenvalue weighted by Crippen LogP contribution is -2.24. The van der Waals surface area contributed by atoms with Crippen molar-refractivity contribution in [2.75, 3.05) is 0 Å². The van der Waals surface area contributed by atoms with Gasteiger partial charge in [-0.05, 0) is 19.1 Å². The van der Waals surface area contributed by atoms with E-state index in [1.807, 2.05) is 13.0 Å². The Morgan fingerprint density at radius 3 is 3.33 bits per heavy atom. The Morgan fingerprint density at radius 1 is 1.67 bits per heavy atom. The molecule has 1 saturated heterocycles. The Hall–Kier alpha value is -1.49. The van der Waals surface area contributed by atoms with Gasteiger partial charge in [-0.2, -0.15) is 0 Å². The van der Waals surface area contributed by atoms with E-state index in [1.165, 1.54) is 0 Å². The van der Waals surface area contributed by atoms with E-state index in [0.29, 0.717) is 0 Å². The fourth-order valence-corrected chi connectivity index (χ4v) is 1.39. The second-order valence-corrected chi connectivity index (χ2v) is 2.96. The Bertz CT molecular complexity index is 363. The Morgan fingerprint density at radius 2 is 2.50 bits per heavy atom. The Balaban J connectivity index is 2.45. The first-order valence-electron chi connectivity index (χ1n) is 3.94. The van der Waals surface area contributed by atoms with Crippen LogP contribution in [0, 0.1) is 5.41 Å². The highest BCUT2D eigenvalue weighted by molar-refractivity contribution is 5.97. The van der Waals surface area contributed by atoms with Gasteiger partial charge in [0.2, 0.25) is 5.90 Å². The summed E-state index contributed by atoms with van der Waals surface area (Å²) in [5, 5.41) is 7.54. The van der Waals surface area contributed by atoms with Crippen LogP contribution >= 0.6 is 0 Å². The van der Waals surface area contributed by atoms with Crippen LogP contribution in [0.5, 0.6) is 0 Å². The van der Waals surface area contributed by atoms with Crippen molar-refractivity contribution in [3.63, 3.8) is 0 Å². The van der Waals surface area contributed by atoms with Crippen LogP contribution in [-0.2, 0) is 4.74 Å². The molecule has 60 valence electrons. The zero-order valence-corrected chi connectivity index (χ0v) is 6.85. The van der Waals surface area contributed by atoms with E-state index < -0.39 is 0 Å². The highest BCUT2D eigenvalue weighted by Gasteiger charge is 2.23. The van der Waals surface area contributed by atoms with Crippen molar-refractivity contribution in [1.82, 2.24) is 0 Å². The topological polar surface area (TPSA) is 33.1 Å². The summed E-state index contributed by atoms with van der Waals surface area (Å²) in [7, 11) is 0. The fourth-order valence-electron chi connectivity index (χ4n) is 1.39. The quantitative estimate of drug-likeness (QED) is 0.538. The largest absolute Gasteiger partial charge is 0.474 e. The van der Waals surface area contributed by atoms with Crippen LogP contribution in [0.15, 0.2) is 34.8 Å². The second kappa shape index (κ2) is 2.53. The number of ether oxygens (including phenoxy) is 1. The van der Waals surface area contributed by atoms with Crippen molar-refractivity contribution in [2.24, 2.45) is 0 Å². The molecule has 1 unspecified atom stereocenters. The monoisotopic (exact) mass is 159 g/mol. The molecular weight excluding hydrogens is 150 g/mol. The number of allylic oxidation sites excluding steroid dienone is 2. The summed E-state index contributed by atoms with van der Waals surface area (Å²) in [4.78, 5) is 0. The third-order valence-electron chi connectivity index (χ3n) is 1.94. The van der Waals surface area contributed by atoms with Crippen LogP contribution in [0.3, 0.4) is 0 Å². The van der Waals surface area contributed by atoms with Crippen molar-refractivity contribution in [1.29, 1.82) is 5.41 Å². The summed E-state index contributed by atoms with van der Waals surface area (Å²) in [6.45, 7) is 1.96. The molecule has 0 aromatic rings. The molecule has 1 heterocycles. The molecule has 0 spiro atoms. The van der Waals surface area contributed by atoms with E-state index in [1.54, 1.807) is 6.08 Å². The summed E-state index contributed by atoms with van der Waals surface area (Å²) < 4.78 is 5.26. The fraction of sp³-hybridized carbons (Fsp3) is 0.300. The molecule has 0 bridgehead atoms. The molecule has 2 heteroatoms. The van der Waals surface area contributed by atoms with E-state index in [4.69, 9.17) is 10.1 Å². The van der Waals surface area contributed by atoms with Crippen molar-refractivity contribution >= 4 is 5.90 Å². The first kappa shape index (κ1) is 7.17. The molecule has 12 heavy (non-hydrogen) atoms. The summed E-state index contributed by atoms with van der Waals surface area (Å²) in [5.74, 6) is 0.258. The predicted molar refractivity (Wildman–Crippen MR) is 46.1 cm³/mol. The summed E-state index contributed by atoms with van der Waals surface area (Å²) >= 11 is 0. The Kier molecular flexibility index (Phi) is 1.51. The van der Waals surface area contributed by atoms with Gasteiger partial charge in [0.05, 0.1) is 0 Å². The maximum Gasteiger partial charge on any atom is 0.214 e. The normalized spacial score (nSPS) is 25.8. The maximum absolute atomic E-state index is 7.54. The molecule has 2 aliphatic rings. The van der Waals surface area contributed by atoms with Gasteiger partial charge in [0.15, 0.2) is 0 Å². The SMILES string of the molecule is CC1CC2=C=C=CC=C2C(=N)O1. The molecule has 2 rings (SSSR count). The van der Waals surface area contributed by atoms with Crippen LogP contribution in [0.25, 0.3) is 0 Å². The number of rotatable bonds is 0. The molecular formula is C10H9NO. The average Bonchev–Trinajstić information content (AvgIpc) is 2.04. The lowest BCUT2D eigenvalue weighted by atomic mass is 9.96. The van der Waals surface area contributed by atoms with Gasteiger partial charge in [-0.25, -0.2) is 0 Å². The van der Waals surface area contributed by atoms with Gasteiger partial charge in [0.25, 0.3) is 0 Å². The molecule has 1 aliphatic carbocycles. The van der Waals surface area contributed by atoms with Crippen LogP contribution < -0.4 is 0 Å². The van der Waals surface area contributed by atoms with Crippen LogP contribution in [0.1, 0.15) is 13.3 Å². The lowest BCUT2D eigenvalue weighted by Gasteiger charge is -2.24. The summed E-state index contributed by atoms with van der Waals surface area (Å²) in [6.07, 6.45) is 4.53. The predicted octanol–water partition coefficient (Wildman–Crippen LogP) is 1.95. The smallest absolute Gasteiger partial charge is 0.214 e. The second-order valence-electron chi connectivity index (χ2n) is 2.96. The minimum absolute atomic E-state index is 0.0945. The molecule has 1 N–H and O–H groups in total. The van der Waals surface area contributed by atoms with Crippen molar-refractivity contribution in [3.05, 3.63) is 34.8 Å². The molecule has 1 aliphatic heterocycles. The minimum atomic E-state index is 0.0945. The summed E-state index contributed by atoms with van der Waals surface area (Å²) in [6, 6.07) is 0. The zero-order chi connectivity index (χ0) is 8.55. The highest BCUT2D eigenvalue weighted by Crippen LogP contribution is 2.25. The molecule has 1 fully saturated rings. The third kappa shape index (κ3) is 1.04. The molecule has 0 saturated carbocycles. The molecule has 0 aromatic heterocycles. The molecule has 0 radical (unpaired) electrons. The van der Waals surface area contributed by atoms with Gasteiger partial charge < -0.3 is 4.74 Å². The van der Waals surface area contributed by atoms with Crippen molar-refractivity contribution in [3.8, 4) is 0 Å². The molecule has 0 aromatic carbocycles. The van der Waals surface area contributed by atoms with Gasteiger partial charge in [-0.3, -0.25) is 5.41 Å². The van der Waals surface area contributed by atoms with E-state index in [-0.39, 0.29) is 12.0 Å². The van der Waals surface area contributed by atoms with Gasteiger partial charge in [0.1, 0.15) is 6.10 Å². The minimum Gasteiger partial charge on any atom is -0.474 e. The van der Waals surface area contributed by atoms with Crippen LogP contribution in [0.4, 0.5) is 0 Å². The van der Waals surface area contributed by atoms with Gasteiger partial charge >= 0.3 is 0 Å². The highest BCUT2D eigenvalue weighted by atomic mass is 16.5. The zero-order valence-electron chi connectivity index (χ0n) is 6.85. The molecule has 2 nitrogen and oxygen atoms in total. The number of nitrogens with one attached hydrogen (secondary N) is 1. The maximum atomic E-state index is 7.54. The molecule has 0 amide bonds. The van der Waals surface area contributed by atoms with E-state index in [0.717, 1.165) is 17.6 Å². The molecule has 1 atom stereocenters. The van der Waals surface area contributed by atoms with Gasteiger partial charge in [-0.15, -0.1) is 0 Å². The van der Waals surface area contributed by atoms with E-state index in [2.05, 4.69) is 11.5 Å². The van der Waals surface area contributed by atoms with Gasteiger partial charge in [-0.1, -0.05) is 11.5 Å².